The zero-order valence-electron chi connectivity index (χ0n) is 21.8. The van der Waals surface area contributed by atoms with Gasteiger partial charge in [0.2, 0.25) is 5.82 Å². The molecule has 1 aromatic carbocycles. The lowest BCUT2D eigenvalue weighted by Crippen LogP contribution is -2.28. The maximum Gasteiger partial charge on any atom is 0.493 e. The highest BCUT2D eigenvalue weighted by Gasteiger charge is 2.42. The molecule has 0 saturated heterocycles. The van der Waals surface area contributed by atoms with Crippen molar-refractivity contribution in [3.05, 3.63) is 90.5 Å². The number of aromatic nitrogens is 5. The van der Waals surface area contributed by atoms with Crippen LogP contribution < -0.4 is 16.1 Å². The molecule has 200 valence electrons. The normalized spacial score (nSPS) is 14.6. The van der Waals surface area contributed by atoms with Crippen molar-refractivity contribution in [1.82, 2.24) is 25.1 Å². The van der Waals surface area contributed by atoms with Crippen molar-refractivity contribution >= 4 is 29.9 Å². The predicted molar refractivity (Wildman–Crippen MR) is 150 cm³/mol. The van der Waals surface area contributed by atoms with Gasteiger partial charge >= 0.3 is 7.12 Å². The van der Waals surface area contributed by atoms with Crippen LogP contribution >= 0.6 is 0 Å². The van der Waals surface area contributed by atoms with E-state index in [9.17, 15) is 10.1 Å². The Balaban J connectivity index is 1.36. The molecule has 4 N–H and O–H groups in total. The van der Waals surface area contributed by atoms with Crippen LogP contribution in [0.3, 0.4) is 0 Å². The maximum absolute atomic E-state index is 10.2. The van der Waals surface area contributed by atoms with Crippen LogP contribution in [0.15, 0.2) is 83.8 Å². The van der Waals surface area contributed by atoms with Crippen molar-refractivity contribution in [1.29, 1.82) is 0 Å². The SMILES string of the molecule is CC1(C)OB(O)c2ccc(Nc3cc(N[C@H](CO)c4ccccc4)c(-c4nc(-c5cccnc5)no4)cn3)nc21. The van der Waals surface area contributed by atoms with E-state index >= 15 is 0 Å². The van der Waals surface area contributed by atoms with Crippen LogP contribution in [-0.2, 0) is 10.3 Å². The molecule has 0 aliphatic carbocycles. The van der Waals surface area contributed by atoms with Crippen molar-refractivity contribution < 1.29 is 19.3 Å². The van der Waals surface area contributed by atoms with Crippen LogP contribution in [0.1, 0.15) is 31.1 Å². The van der Waals surface area contributed by atoms with Crippen molar-refractivity contribution in [2.75, 3.05) is 17.2 Å². The molecule has 1 aliphatic rings. The Morgan fingerprint density at radius 2 is 1.85 bits per heavy atom. The summed E-state index contributed by atoms with van der Waals surface area (Å²) in [7, 11) is -1.01. The van der Waals surface area contributed by atoms with Gasteiger partial charge in [0.15, 0.2) is 0 Å². The number of rotatable bonds is 8. The summed E-state index contributed by atoms with van der Waals surface area (Å²) >= 11 is 0. The van der Waals surface area contributed by atoms with Gasteiger partial charge in [-0.25, -0.2) is 9.97 Å². The monoisotopic (exact) mass is 535 g/mol. The van der Waals surface area contributed by atoms with Crippen LogP contribution in [0.5, 0.6) is 0 Å². The molecule has 6 rings (SSSR count). The molecule has 11 nitrogen and oxygen atoms in total. The molecule has 5 heterocycles. The number of nitrogens with zero attached hydrogens (tertiary/aromatic N) is 5. The van der Waals surface area contributed by atoms with Gasteiger partial charge in [-0.3, -0.25) is 4.98 Å². The largest absolute Gasteiger partial charge is 0.493 e. The van der Waals surface area contributed by atoms with Crippen LogP contribution in [0.4, 0.5) is 17.3 Å². The van der Waals surface area contributed by atoms with E-state index in [4.69, 9.17) is 9.18 Å². The number of fused-ring (bicyclic) bond motifs is 1. The second kappa shape index (κ2) is 10.5. The van der Waals surface area contributed by atoms with E-state index in [0.29, 0.717) is 39.9 Å². The molecule has 5 aromatic rings. The highest BCUT2D eigenvalue weighted by Crippen LogP contribution is 2.34. The number of pyridine rings is 3. The third-order valence-electron chi connectivity index (χ3n) is 6.62. The van der Waals surface area contributed by atoms with E-state index in [0.717, 1.165) is 11.1 Å². The van der Waals surface area contributed by atoms with Gasteiger partial charge in [0.25, 0.3) is 5.89 Å². The molecule has 0 radical (unpaired) electrons. The third-order valence-corrected chi connectivity index (χ3v) is 6.62. The maximum atomic E-state index is 10.2. The van der Waals surface area contributed by atoms with E-state index < -0.39 is 18.8 Å². The van der Waals surface area contributed by atoms with Gasteiger partial charge in [-0.05, 0) is 37.6 Å². The Hall–Kier alpha value is -4.65. The minimum absolute atomic E-state index is 0.150. The van der Waals surface area contributed by atoms with Gasteiger partial charge in [0, 0.05) is 35.7 Å². The smallest absolute Gasteiger partial charge is 0.423 e. The molecular weight excluding hydrogens is 509 g/mol. The Labute approximate surface area is 230 Å². The Morgan fingerprint density at radius 1 is 1.00 bits per heavy atom. The molecular formula is C28H26BN7O4. The fourth-order valence-electron chi connectivity index (χ4n) is 4.62. The van der Waals surface area contributed by atoms with Crippen molar-refractivity contribution in [2.45, 2.75) is 25.5 Å². The number of benzene rings is 1. The van der Waals surface area contributed by atoms with Crippen LogP contribution in [0.2, 0.25) is 0 Å². The molecule has 40 heavy (non-hydrogen) atoms. The van der Waals surface area contributed by atoms with Crippen LogP contribution in [0.25, 0.3) is 22.8 Å². The van der Waals surface area contributed by atoms with Gasteiger partial charge in [0.1, 0.15) is 11.6 Å². The lowest BCUT2D eigenvalue weighted by atomic mass is 9.80. The summed E-state index contributed by atoms with van der Waals surface area (Å²) in [6, 6.07) is 18.2. The predicted octanol–water partition coefficient (Wildman–Crippen LogP) is 3.43. The molecule has 4 aromatic heterocycles. The fourth-order valence-corrected chi connectivity index (χ4v) is 4.62. The summed E-state index contributed by atoms with van der Waals surface area (Å²) in [5, 5.41) is 31.2. The second-order valence-electron chi connectivity index (χ2n) is 9.81. The molecule has 12 heteroatoms. The summed E-state index contributed by atoms with van der Waals surface area (Å²) in [5.74, 6) is 1.68. The number of hydrogen-bond acceptors (Lipinski definition) is 11. The van der Waals surface area contributed by atoms with E-state index in [1.165, 1.54) is 0 Å². The highest BCUT2D eigenvalue weighted by molar-refractivity contribution is 6.61. The van der Waals surface area contributed by atoms with Crippen LogP contribution in [-0.4, -0.2) is 48.9 Å². The van der Waals surface area contributed by atoms with E-state index in [1.807, 2.05) is 50.2 Å². The number of aliphatic hydroxyl groups is 1. The molecule has 0 amide bonds. The standard InChI is InChI=1S/C28H26BN7O4/c1-28(2)25-20(29(38)40-28)10-11-23(34-25)33-24-13-21(32-22(16-37)17-7-4-3-5-8-17)19(15-31-24)27-35-26(36-39-27)18-9-6-12-30-14-18/h3-15,22,37-38H,16H2,1-2H3,(H2,31,32,33,34)/t22-/m1/s1. The fraction of sp³-hybridized carbons (Fsp3) is 0.179. The highest BCUT2D eigenvalue weighted by atomic mass is 16.5. The van der Waals surface area contributed by atoms with Gasteiger partial charge in [-0.15, -0.1) is 0 Å². The first-order chi connectivity index (χ1) is 19.4. The minimum atomic E-state index is -1.01. The van der Waals surface area contributed by atoms with Gasteiger partial charge in [0.05, 0.1) is 35.2 Å². The first-order valence-electron chi connectivity index (χ1n) is 12.7. The van der Waals surface area contributed by atoms with Gasteiger partial charge in [-0.1, -0.05) is 41.6 Å². The second-order valence-corrected chi connectivity index (χ2v) is 9.81. The Bertz CT molecular complexity index is 1630. The van der Waals surface area contributed by atoms with Gasteiger partial charge < -0.3 is 29.9 Å². The number of anilines is 3. The summed E-state index contributed by atoms with van der Waals surface area (Å²) in [6.45, 7) is 3.57. The van der Waals surface area contributed by atoms with E-state index in [-0.39, 0.29) is 12.5 Å². The zero-order chi connectivity index (χ0) is 27.7. The zero-order valence-corrected chi connectivity index (χ0v) is 21.8. The van der Waals surface area contributed by atoms with Crippen molar-refractivity contribution in [3.8, 4) is 22.8 Å². The summed E-state index contributed by atoms with van der Waals surface area (Å²) in [6.07, 6.45) is 4.95. The quantitative estimate of drug-likeness (QED) is 0.216. The van der Waals surface area contributed by atoms with Crippen molar-refractivity contribution in [2.24, 2.45) is 0 Å². The number of hydrogen-bond donors (Lipinski definition) is 4. The average Bonchev–Trinajstić information content (AvgIpc) is 3.55. The molecule has 0 bridgehead atoms. The molecule has 0 saturated carbocycles. The summed E-state index contributed by atoms with van der Waals surface area (Å²) < 4.78 is 11.2. The minimum Gasteiger partial charge on any atom is -0.423 e. The third kappa shape index (κ3) is 5.03. The summed E-state index contributed by atoms with van der Waals surface area (Å²) in [4.78, 5) is 17.9. The molecule has 0 spiro atoms. The lowest BCUT2D eigenvalue weighted by molar-refractivity contribution is 0.0970. The molecule has 1 aliphatic heterocycles. The topological polar surface area (TPSA) is 151 Å². The van der Waals surface area contributed by atoms with Crippen molar-refractivity contribution in [3.63, 3.8) is 0 Å². The average molecular weight is 535 g/mol. The lowest BCUT2D eigenvalue weighted by Gasteiger charge is -2.20. The first kappa shape index (κ1) is 25.6. The number of nitrogens with one attached hydrogen (secondary N) is 2. The van der Waals surface area contributed by atoms with E-state index in [2.05, 4.69) is 35.7 Å². The summed E-state index contributed by atoms with van der Waals surface area (Å²) in [5.41, 5.74) is 3.35. The Kier molecular flexibility index (Phi) is 6.72. The van der Waals surface area contributed by atoms with E-state index in [1.54, 1.807) is 42.9 Å². The number of aliphatic hydroxyl groups excluding tert-OH is 1. The molecule has 1 atom stereocenters. The van der Waals surface area contributed by atoms with Crippen LogP contribution in [0, 0.1) is 0 Å². The molecule has 0 fully saturated rings. The molecule has 0 unspecified atom stereocenters. The first-order valence-corrected chi connectivity index (χ1v) is 12.7. The Morgan fingerprint density at radius 3 is 2.62 bits per heavy atom. The van der Waals surface area contributed by atoms with Gasteiger partial charge in [-0.2, -0.15) is 4.98 Å².